The molecule has 0 heterocycles. The standard InChI is InChI=1S/C14H20BrNO5/c1-18-11-9-13(20-3)12(19-2)8-10(11)14(17)16-5-7-21-6-4-15/h8-9H,4-7H2,1-3H3,(H,16,17). The molecule has 0 fully saturated rings. The second-order valence-electron chi connectivity index (χ2n) is 3.96. The Labute approximate surface area is 132 Å². The van der Waals surface area contributed by atoms with Crippen molar-refractivity contribution >= 4 is 21.8 Å². The van der Waals surface area contributed by atoms with Crippen LogP contribution in [0.5, 0.6) is 17.2 Å². The Balaban J connectivity index is 2.77. The lowest BCUT2D eigenvalue weighted by Crippen LogP contribution is -2.27. The van der Waals surface area contributed by atoms with Crippen LogP contribution in [0.15, 0.2) is 12.1 Å². The molecule has 6 nitrogen and oxygen atoms in total. The molecule has 0 aromatic heterocycles. The zero-order valence-corrected chi connectivity index (χ0v) is 14.0. The Morgan fingerprint density at radius 1 is 1.05 bits per heavy atom. The summed E-state index contributed by atoms with van der Waals surface area (Å²) in [5, 5.41) is 3.53. The third kappa shape index (κ3) is 5.09. The first-order chi connectivity index (χ1) is 10.2. The summed E-state index contributed by atoms with van der Waals surface area (Å²) in [7, 11) is 4.54. The summed E-state index contributed by atoms with van der Waals surface area (Å²) in [5.74, 6) is 1.15. The Morgan fingerprint density at radius 3 is 2.24 bits per heavy atom. The molecule has 0 aliphatic carbocycles. The minimum Gasteiger partial charge on any atom is -0.496 e. The van der Waals surface area contributed by atoms with Gasteiger partial charge in [-0.1, -0.05) is 15.9 Å². The van der Waals surface area contributed by atoms with Crippen molar-refractivity contribution in [1.82, 2.24) is 5.32 Å². The molecule has 0 radical (unpaired) electrons. The molecule has 0 aliphatic rings. The maximum atomic E-state index is 12.2. The summed E-state index contributed by atoms with van der Waals surface area (Å²) < 4.78 is 20.9. The van der Waals surface area contributed by atoms with E-state index in [4.69, 9.17) is 18.9 Å². The fraction of sp³-hybridized carbons (Fsp3) is 0.500. The maximum absolute atomic E-state index is 12.2. The molecule has 7 heteroatoms. The quantitative estimate of drug-likeness (QED) is 0.537. The number of hydrogen-bond donors (Lipinski definition) is 1. The summed E-state index contributed by atoms with van der Waals surface area (Å²) in [5.41, 5.74) is 0.385. The number of nitrogens with one attached hydrogen (secondary N) is 1. The maximum Gasteiger partial charge on any atom is 0.255 e. The van der Waals surface area contributed by atoms with E-state index in [0.717, 1.165) is 5.33 Å². The second kappa shape index (κ2) is 9.46. The highest BCUT2D eigenvalue weighted by Crippen LogP contribution is 2.34. The molecule has 0 unspecified atom stereocenters. The predicted molar refractivity (Wildman–Crippen MR) is 83.0 cm³/mol. The van der Waals surface area contributed by atoms with Crippen LogP contribution in [-0.2, 0) is 4.74 Å². The van der Waals surface area contributed by atoms with Crippen molar-refractivity contribution in [2.45, 2.75) is 0 Å². The number of rotatable bonds is 9. The number of carbonyl (C=O) groups excluding carboxylic acids is 1. The molecule has 0 spiro atoms. The lowest BCUT2D eigenvalue weighted by atomic mass is 10.1. The molecule has 0 saturated carbocycles. The van der Waals surface area contributed by atoms with Crippen molar-refractivity contribution in [3.63, 3.8) is 0 Å². The lowest BCUT2D eigenvalue weighted by Gasteiger charge is -2.14. The lowest BCUT2D eigenvalue weighted by molar-refractivity contribution is 0.0920. The predicted octanol–water partition coefficient (Wildman–Crippen LogP) is 1.85. The van der Waals surface area contributed by atoms with Crippen molar-refractivity contribution in [1.29, 1.82) is 0 Å². The number of alkyl halides is 1. The molecule has 21 heavy (non-hydrogen) atoms. The molecule has 0 aliphatic heterocycles. The molecule has 0 bridgehead atoms. The smallest absolute Gasteiger partial charge is 0.255 e. The van der Waals surface area contributed by atoms with E-state index in [2.05, 4.69) is 21.2 Å². The average molecular weight is 362 g/mol. The first-order valence-corrected chi connectivity index (χ1v) is 7.52. The van der Waals surface area contributed by atoms with Gasteiger partial charge >= 0.3 is 0 Å². The van der Waals surface area contributed by atoms with E-state index in [1.807, 2.05) is 0 Å². The van der Waals surface area contributed by atoms with Crippen LogP contribution < -0.4 is 19.5 Å². The summed E-state index contributed by atoms with van der Waals surface area (Å²) in [6.45, 7) is 1.48. The molecule has 1 rings (SSSR count). The summed E-state index contributed by atoms with van der Waals surface area (Å²) >= 11 is 3.26. The van der Waals surface area contributed by atoms with Crippen LogP contribution in [0.25, 0.3) is 0 Å². The number of amides is 1. The number of benzene rings is 1. The number of carbonyl (C=O) groups is 1. The molecular formula is C14H20BrNO5. The van der Waals surface area contributed by atoms with Crippen molar-refractivity contribution in [2.75, 3.05) is 46.4 Å². The van der Waals surface area contributed by atoms with Crippen LogP contribution >= 0.6 is 15.9 Å². The molecule has 1 aromatic rings. The highest BCUT2D eigenvalue weighted by Gasteiger charge is 2.17. The zero-order chi connectivity index (χ0) is 15.7. The Kier molecular flexibility index (Phi) is 7.92. The third-order valence-corrected chi connectivity index (χ3v) is 3.03. The monoisotopic (exact) mass is 361 g/mol. The highest BCUT2D eigenvalue weighted by molar-refractivity contribution is 9.09. The number of methoxy groups -OCH3 is 3. The van der Waals surface area contributed by atoms with E-state index in [0.29, 0.717) is 42.6 Å². The van der Waals surface area contributed by atoms with Crippen LogP contribution in [-0.4, -0.2) is 52.3 Å². The zero-order valence-electron chi connectivity index (χ0n) is 12.4. The van der Waals surface area contributed by atoms with E-state index >= 15 is 0 Å². The molecular weight excluding hydrogens is 342 g/mol. The molecule has 1 amide bonds. The van der Waals surface area contributed by atoms with Gasteiger partial charge in [-0.25, -0.2) is 0 Å². The van der Waals surface area contributed by atoms with E-state index in [1.165, 1.54) is 21.3 Å². The van der Waals surface area contributed by atoms with Crippen LogP contribution in [0, 0.1) is 0 Å². The van der Waals surface area contributed by atoms with Gasteiger partial charge in [0.15, 0.2) is 11.5 Å². The van der Waals surface area contributed by atoms with Gasteiger partial charge in [0.25, 0.3) is 5.91 Å². The van der Waals surface area contributed by atoms with Crippen molar-refractivity contribution in [3.05, 3.63) is 17.7 Å². The average Bonchev–Trinajstić information content (AvgIpc) is 2.52. The second-order valence-corrected chi connectivity index (χ2v) is 4.76. The summed E-state index contributed by atoms with van der Waals surface area (Å²) in [4.78, 5) is 12.2. The normalized spacial score (nSPS) is 10.1. The summed E-state index contributed by atoms with van der Waals surface area (Å²) in [6.07, 6.45) is 0. The van der Waals surface area contributed by atoms with Crippen molar-refractivity contribution in [3.8, 4) is 17.2 Å². The van der Waals surface area contributed by atoms with Gasteiger partial charge in [0.2, 0.25) is 0 Å². The van der Waals surface area contributed by atoms with Crippen LogP contribution in [0.2, 0.25) is 0 Å². The molecule has 1 N–H and O–H groups in total. The van der Waals surface area contributed by atoms with Crippen molar-refractivity contribution < 1.29 is 23.7 Å². The number of hydrogen-bond acceptors (Lipinski definition) is 5. The first kappa shape index (κ1) is 17.6. The molecule has 0 atom stereocenters. The third-order valence-electron chi connectivity index (χ3n) is 2.70. The van der Waals surface area contributed by atoms with Gasteiger partial charge in [0, 0.05) is 24.0 Å². The van der Waals surface area contributed by atoms with Crippen molar-refractivity contribution in [2.24, 2.45) is 0 Å². The molecule has 0 saturated heterocycles. The Morgan fingerprint density at radius 2 is 1.67 bits per heavy atom. The van der Waals surface area contributed by atoms with E-state index in [-0.39, 0.29) is 5.91 Å². The Bertz CT molecular complexity index is 467. The van der Waals surface area contributed by atoms with E-state index in [9.17, 15) is 4.79 Å². The first-order valence-electron chi connectivity index (χ1n) is 6.39. The highest BCUT2D eigenvalue weighted by atomic mass is 79.9. The SMILES string of the molecule is COc1cc(OC)c(C(=O)NCCOCCBr)cc1OC. The molecule has 118 valence electrons. The number of halogens is 1. The summed E-state index contributed by atoms with van der Waals surface area (Å²) in [6, 6.07) is 3.21. The van der Waals surface area contributed by atoms with Gasteiger partial charge in [-0.15, -0.1) is 0 Å². The Hall–Kier alpha value is -1.47. The van der Waals surface area contributed by atoms with Gasteiger partial charge in [0.05, 0.1) is 40.1 Å². The minimum atomic E-state index is -0.254. The topological polar surface area (TPSA) is 66.0 Å². The fourth-order valence-corrected chi connectivity index (χ4v) is 1.92. The van der Waals surface area contributed by atoms with Gasteiger partial charge in [-0.2, -0.15) is 0 Å². The van der Waals surface area contributed by atoms with Crippen LogP contribution in [0.1, 0.15) is 10.4 Å². The van der Waals surface area contributed by atoms with E-state index < -0.39 is 0 Å². The van der Waals surface area contributed by atoms with Crippen LogP contribution in [0.4, 0.5) is 0 Å². The van der Waals surface area contributed by atoms with Gasteiger partial charge in [0.1, 0.15) is 5.75 Å². The van der Waals surface area contributed by atoms with Gasteiger partial charge < -0.3 is 24.3 Å². The minimum absolute atomic E-state index is 0.254. The number of ether oxygens (including phenoxy) is 4. The van der Waals surface area contributed by atoms with Gasteiger partial charge in [-0.3, -0.25) is 4.79 Å². The van der Waals surface area contributed by atoms with E-state index in [1.54, 1.807) is 12.1 Å². The fourth-order valence-electron chi connectivity index (χ4n) is 1.70. The van der Waals surface area contributed by atoms with Crippen LogP contribution in [0.3, 0.4) is 0 Å². The molecule has 1 aromatic carbocycles. The van der Waals surface area contributed by atoms with Gasteiger partial charge in [-0.05, 0) is 0 Å². The largest absolute Gasteiger partial charge is 0.496 e.